The molecule has 2 aliphatic rings. The van der Waals surface area contributed by atoms with Gasteiger partial charge in [-0.2, -0.15) is 39.5 Å². The first-order valence-corrected chi connectivity index (χ1v) is 13.0. The number of carbonyl (C=O) groups excluding carboxylic acids is 1. The minimum atomic E-state index is -5.11. The molecule has 1 amide bonds. The van der Waals surface area contributed by atoms with Crippen LogP contribution < -0.4 is 0 Å². The molecule has 13 heteroatoms. The van der Waals surface area contributed by atoms with Crippen LogP contribution in [0.5, 0.6) is 0 Å². The third-order valence-corrected chi connectivity index (χ3v) is 7.78. The van der Waals surface area contributed by atoms with Crippen molar-refractivity contribution in [1.29, 1.82) is 0 Å². The summed E-state index contributed by atoms with van der Waals surface area (Å²) < 4.78 is 132. The van der Waals surface area contributed by atoms with Gasteiger partial charge in [-0.1, -0.05) is 25.3 Å². The summed E-state index contributed by atoms with van der Waals surface area (Å²) in [5, 5.41) is 0. The van der Waals surface area contributed by atoms with Gasteiger partial charge in [0.15, 0.2) is 0 Å². The van der Waals surface area contributed by atoms with Crippen LogP contribution in [-0.4, -0.2) is 24.1 Å². The Bertz CT molecular complexity index is 1220. The zero-order valence-electron chi connectivity index (χ0n) is 22.1. The third kappa shape index (κ3) is 6.76. The molecule has 1 saturated carbocycles. The molecule has 41 heavy (non-hydrogen) atoms. The number of rotatable bonds is 6. The summed E-state index contributed by atoms with van der Waals surface area (Å²) in [7, 11) is 1.44. The van der Waals surface area contributed by atoms with Crippen molar-refractivity contribution in [1.82, 2.24) is 4.90 Å². The van der Waals surface area contributed by atoms with Crippen molar-refractivity contribution in [2.45, 2.75) is 82.4 Å². The molecule has 0 N–H and O–H groups in total. The van der Waals surface area contributed by atoms with Gasteiger partial charge in [-0.05, 0) is 72.7 Å². The minimum absolute atomic E-state index is 0.0193. The maximum atomic E-state index is 13.6. The number of cyclic esters (lactones) is 1. The highest BCUT2D eigenvalue weighted by Crippen LogP contribution is 2.43. The second-order valence-electron chi connectivity index (χ2n) is 10.5. The topological polar surface area (TPSA) is 38.8 Å². The first kappa shape index (κ1) is 31.0. The summed E-state index contributed by atoms with van der Waals surface area (Å²) in [6.45, 7) is 0.929. The maximum absolute atomic E-state index is 13.6. The molecule has 1 aliphatic carbocycles. The van der Waals surface area contributed by atoms with Gasteiger partial charge in [-0.25, -0.2) is 4.79 Å². The lowest BCUT2D eigenvalue weighted by Crippen LogP contribution is -2.32. The van der Waals surface area contributed by atoms with Gasteiger partial charge >= 0.3 is 24.6 Å². The standard InChI is InChI=1S/C28H28F9NO3/c1-15-23(17-10-20(27(32,33)34)13-21(11-17)28(35,36)37)41-25(39)38(15)14-18-12-19(26(29,30)31)8-9-22(18)24(40-2)16-6-4-3-5-7-16/h8-13,15-16,23-24H,3-7,14H2,1-2H3/t15?,23?,24-/m1/s1. The fourth-order valence-electron chi connectivity index (χ4n) is 5.69. The van der Waals surface area contributed by atoms with Crippen LogP contribution >= 0.6 is 0 Å². The van der Waals surface area contributed by atoms with Crippen molar-refractivity contribution in [3.05, 3.63) is 69.8 Å². The van der Waals surface area contributed by atoms with E-state index >= 15 is 0 Å². The second kappa shape index (κ2) is 11.4. The first-order valence-electron chi connectivity index (χ1n) is 13.0. The summed E-state index contributed by atoms with van der Waals surface area (Å²) in [4.78, 5) is 13.9. The normalized spacial score (nSPS) is 21.7. The van der Waals surface area contributed by atoms with Gasteiger partial charge in [0.2, 0.25) is 0 Å². The Kier molecular flexibility index (Phi) is 8.60. The number of benzene rings is 2. The van der Waals surface area contributed by atoms with E-state index in [9.17, 15) is 44.3 Å². The molecule has 1 saturated heterocycles. The zero-order valence-corrected chi connectivity index (χ0v) is 22.1. The van der Waals surface area contributed by atoms with Crippen LogP contribution in [-0.2, 0) is 34.5 Å². The summed E-state index contributed by atoms with van der Waals surface area (Å²) in [5.74, 6) is 0.0193. The first-order chi connectivity index (χ1) is 19.0. The van der Waals surface area contributed by atoms with Crippen LogP contribution in [0.2, 0.25) is 0 Å². The highest BCUT2D eigenvalue weighted by atomic mass is 19.4. The number of hydrogen-bond acceptors (Lipinski definition) is 3. The zero-order chi connectivity index (χ0) is 30.3. The number of amides is 1. The Labute approximate surface area is 230 Å². The Morgan fingerprint density at radius 1 is 0.854 bits per heavy atom. The van der Waals surface area contributed by atoms with E-state index in [1.807, 2.05) is 0 Å². The largest absolute Gasteiger partial charge is 0.439 e. The van der Waals surface area contributed by atoms with Crippen molar-refractivity contribution < 1.29 is 53.8 Å². The van der Waals surface area contributed by atoms with Gasteiger partial charge in [-0.3, -0.25) is 4.90 Å². The molecule has 226 valence electrons. The van der Waals surface area contributed by atoms with Crippen molar-refractivity contribution in [2.75, 3.05) is 7.11 Å². The molecule has 4 nitrogen and oxygen atoms in total. The molecule has 0 aromatic heterocycles. The average molecular weight is 598 g/mol. The molecular formula is C28H28F9NO3. The molecule has 3 atom stereocenters. The summed E-state index contributed by atoms with van der Waals surface area (Å²) in [5.41, 5.74) is -4.12. The number of ether oxygens (including phenoxy) is 2. The molecule has 1 heterocycles. The van der Waals surface area contributed by atoms with Crippen LogP contribution in [0, 0.1) is 5.92 Å². The lowest BCUT2D eigenvalue weighted by molar-refractivity contribution is -0.143. The predicted octanol–water partition coefficient (Wildman–Crippen LogP) is 9.09. The van der Waals surface area contributed by atoms with Crippen molar-refractivity contribution in [3.63, 3.8) is 0 Å². The van der Waals surface area contributed by atoms with Gasteiger partial charge in [0.05, 0.1) is 28.8 Å². The molecule has 0 radical (unpaired) electrons. The number of hydrogen-bond donors (Lipinski definition) is 0. The van der Waals surface area contributed by atoms with Gasteiger partial charge in [0, 0.05) is 13.7 Å². The van der Waals surface area contributed by atoms with Crippen molar-refractivity contribution >= 4 is 6.09 Å². The number of nitrogens with zero attached hydrogens (tertiary/aromatic N) is 1. The Balaban J connectivity index is 1.71. The minimum Gasteiger partial charge on any atom is -0.439 e. The molecule has 1 aliphatic heterocycles. The second-order valence-corrected chi connectivity index (χ2v) is 10.5. The van der Waals surface area contributed by atoms with Gasteiger partial charge in [0.1, 0.15) is 6.10 Å². The summed E-state index contributed by atoms with van der Waals surface area (Å²) in [6, 6.07) is 2.93. The van der Waals surface area contributed by atoms with Gasteiger partial charge in [-0.15, -0.1) is 0 Å². The van der Waals surface area contributed by atoms with Gasteiger partial charge < -0.3 is 9.47 Å². The Morgan fingerprint density at radius 2 is 1.41 bits per heavy atom. The molecule has 2 aromatic rings. The third-order valence-electron chi connectivity index (χ3n) is 7.78. The highest BCUT2D eigenvalue weighted by molar-refractivity contribution is 5.71. The van der Waals surface area contributed by atoms with E-state index in [2.05, 4.69) is 0 Å². The lowest BCUT2D eigenvalue weighted by atomic mass is 9.81. The average Bonchev–Trinajstić information content (AvgIpc) is 3.17. The van der Waals surface area contributed by atoms with E-state index in [0.29, 0.717) is 17.7 Å². The summed E-state index contributed by atoms with van der Waals surface area (Å²) in [6.07, 6.45) is -13.6. The van der Waals surface area contributed by atoms with Crippen LogP contribution in [0.3, 0.4) is 0 Å². The SMILES string of the molecule is CO[C@@H](c1ccc(C(F)(F)F)cc1CN1C(=O)OC(c2cc(C(F)(F)F)cc(C(F)(F)F)c2)C1C)C1CCCCC1. The fraction of sp³-hybridized carbons (Fsp3) is 0.536. The molecular weight excluding hydrogens is 569 g/mol. The number of alkyl halides is 9. The predicted molar refractivity (Wildman–Crippen MR) is 128 cm³/mol. The van der Waals surface area contributed by atoms with Crippen LogP contribution in [0.1, 0.15) is 84.6 Å². The van der Waals surface area contributed by atoms with Crippen LogP contribution in [0.15, 0.2) is 36.4 Å². The van der Waals surface area contributed by atoms with Crippen LogP contribution in [0.4, 0.5) is 44.3 Å². The van der Waals surface area contributed by atoms with Crippen molar-refractivity contribution in [3.8, 4) is 0 Å². The Hall–Kier alpha value is -2.96. The maximum Gasteiger partial charge on any atom is 0.416 e. The molecule has 4 rings (SSSR count). The monoisotopic (exact) mass is 597 g/mol. The lowest BCUT2D eigenvalue weighted by Gasteiger charge is -2.32. The molecule has 0 spiro atoms. The molecule has 0 bridgehead atoms. The quantitative estimate of drug-likeness (QED) is 0.312. The van der Waals surface area contributed by atoms with E-state index in [4.69, 9.17) is 9.47 Å². The van der Waals surface area contributed by atoms with E-state index < -0.39 is 71.7 Å². The van der Waals surface area contributed by atoms with E-state index in [0.717, 1.165) is 49.1 Å². The number of halogens is 9. The summed E-state index contributed by atoms with van der Waals surface area (Å²) >= 11 is 0. The van der Waals surface area contributed by atoms with E-state index in [1.54, 1.807) is 0 Å². The molecule has 2 fully saturated rings. The smallest absolute Gasteiger partial charge is 0.416 e. The molecule has 2 unspecified atom stereocenters. The Morgan fingerprint density at radius 3 is 1.93 bits per heavy atom. The van der Waals surface area contributed by atoms with Gasteiger partial charge in [0.25, 0.3) is 0 Å². The van der Waals surface area contributed by atoms with E-state index in [1.165, 1.54) is 20.1 Å². The van der Waals surface area contributed by atoms with E-state index in [-0.39, 0.29) is 17.5 Å². The fourth-order valence-corrected chi connectivity index (χ4v) is 5.69. The molecule has 2 aromatic carbocycles. The highest BCUT2D eigenvalue weighted by Gasteiger charge is 2.44. The van der Waals surface area contributed by atoms with Crippen LogP contribution in [0.25, 0.3) is 0 Å². The number of methoxy groups -OCH3 is 1. The number of carbonyl (C=O) groups is 1. The van der Waals surface area contributed by atoms with Crippen molar-refractivity contribution in [2.24, 2.45) is 5.92 Å².